The summed E-state index contributed by atoms with van der Waals surface area (Å²) >= 11 is 0. The van der Waals surface area contributed by atoms with Gasteiger partial charge in [0, 0.05) is 24.8 Å². The Morgan fingerprint density at radius 3 is 2.60 bits per heavy atom. The van der Waals surface area contributed by atoms with Crippen LogP contribution in [0.1, 0.15) is 21.5 Å². The van der Waals surface area contributed by atoms with E-state index in [2.05, 4.69) is 43.1 Å². The van der Waals surface area contributed by atoms with Crippen LogP contribution in [0.15, 0.2) is 104 Å². The summed E-state index contributed by atoms with van der Waals surface area (Å²) in [4.78, 5) is 21.9. The van der Waals surface area contributed by atoms with Crippen molar-refractivity contribution in [1.29, 1.82) is 0 Å². The van der Waals surface area contributed by atoms with E-state index in [1.54, 1.807) is 16.9 Å². The van der Waals surface area contributed by atoms with Crippen LogP contribution in [0.3, 0.4) is 0 Å². The summed E-state index contributed by atoms with van der Waals surface area (Å²) in [6.07, 6.45) is 5.14. The van der Waals surface area contributed by atoms with Gasteiger partial charge < -0.3 is 9.88 Å². The van der Waals surface area contributed by atoms with Gasteiger partial charge in [0.05, 0.1) is 29.3 Å². The molecule has 0 saturated heterocycles. The number of aromatic nitrogens is 5. The maximum Gasteiger partial charge on any atom is 0.257 e. The minimum absolute atomic E-state index is 0.205. The maximum absolute atomic E-state index is 13.0. The van der Waals surface area contributed by atoms with E-state index in [1.165, 1.54) is 0 Å². The molecule has 0 spiro atoms. The molecule has 0 unspecified atom stereocenters. The molecule has 3 aromatic carbocycles. The highest BCUT2D eigenvalue weighted by Gasteiger charge is 2.16. The molecule has 1 amide bonds. The Hall–Kier alpha value is -4.78. The summed E-state index contributed by atoms with van der Waals surface area (Å²) in [5.41, 5.74) is 7.12. The number of para-hydroxylation sites is 2. The van der Waals surface area contributed by atoms with Gasteiger partial charge in [-0.05, 0) is 29.3 Å². The van der Waals surface area contributed by atoms with Crippen molar-refractivity contribution in [3.8, 4) is 11.3 Å². The zero-order valence-corrected chi connectivity index (χ0v) is 18.9. The van der Waals surface area contributed by atoms with Crippen LogP contribution in [-0.4, -0.2) is 30.1 Å². The fraction of sp³-hybridized carbons (Fsp3) is 0.0714. The fourth-order valence-electron chi connectivity index (χ4n) is 4.33. The summed E-state index contributed by atoms with van der Waals surface area (Å²) < 4.78 is 3.84. The van der Waals surface area contributed by atoms with Crippen molar-refractivity contribution in [2.75, 3.05) is 0 Å². The molecule has 6 aromatic rings. The molecule has 0 aliphatic carbocycles. The molecule has 3 heterocycles. The van der Waals surface area contributed by atoms with Gasteiger partial charge in [-0.2, -0.15) is 5.10 Å². The zero-order chi connectivity index (χ0) is 23.6. The predicted molar refractivity (Wildman–Crippen MR) is 135 cm³/mol. The number of carbonyl (C=O) groups excluding carboxylic acids is 1. The molecule has 0 aliphatic heterocycles. The van der Waals surface area contributed by atoms with Gasteiger partial charge in [-0.15, -0.1) is 0 Å². The Morgan fingerprint density at radius 2 is 1.69 bits per heavy atom. The number of hydrogen-bond acceptors (Lipinski definition) is 4. The summed E-state index contributed by atoms with van der Waals surface area (Å²) in [6, 6.07) is 28.1. The summed E-state index contributed by atoms with van der Waals surface area (Å²) in [6.45, 7) is 1.12. The van der Waals surface area contributed by atoms with E-state index in [1.807, 2.05) is 73.1 Å². The Balaban J connectivity index is 1.19. The molecule has 3 aromatic heterocycles. The van der Waals surface area contributed by atoms with Crippen molar-refractivity contribution in [2.24, 2.45) is 0 Å². The SMILES string of the molecule is O=C(NCc1cccc(Cn2cnc3ccccc32)c1)c1cnn2c(-c3ccccc3)ccnc12. The van der Waals surface area contributed by atoms with Crippen molar-refractivity contribution < 1.29 is 4.79 Å². The number of hydrogen-bond donors (Lipinski definition) is 1. The lowest BCUT2D eigenvalue weighted by Gasteiger charge is -2.09. The number of fused-ring (bicyclic) bond motifs is 2. The minimum Gasteiger partial charge on any atom is -0.348 e. The van der Waals surface area contributed by atoms with Gasteiger partial charge in [-0.25, -0.2) is 14.5 Å². The van der Waals surface area contributed by atoms with Crippen molar-refractivity contribution >= 4 is 22.6 Å². The molecular weight excluding hydrogens is 436 g/mol. The Labute approximate surface area is 201 Å². The van der Waals surface area contributed by atoms with Crippen LogP contribution in [0, 0.1) is 0 Å². The van der Waals surface area contributed by atoms with Gasteiger partial charge in [0.15, 0.2) is 5.65 Å². The van der Waals surface area contributed by atoms with Crippen LogP contribution in [0.5, 0.6) is 0 Å². The number of nitrogens with one attached hydrogen (secondary N) is 1. The number of nitrogens with zero attached hydrogens (tertiary/aromatic N) is 5. The molecule has 0 radical (unpaired) electrons. The van der Waals surface area contributed by atoms with Crippen LogP contribution < -0.4 is 5.32 Å². The molecule has 7 heteroatoms. The van der Waals surface area contributed by atoms with Crippen LogP contribution in [0.25, 0.3) is 27.9 Å². The van der Waals surface area contributed by atoms with Crippen LogP contribution in [0.4, 0.5) is 0 Å². The molecule has 0 saturated carbocycles. The lowest BCUT2D eigenvalue weighted by atomic mass is 10.1. The van der Waals surface area contributed by atoms with E-state index in [4.69, 9.17) is 0 Å². The van der Waals surface area contributed by atoms with E-state index >= 15 is 0 Å². The van der Waals surface area contributed by atoms with Crippen molar-refractivity contribution in [1.82, 2.24) is 29.5 Å². The molecule has 7 nitrogen and oxygen atoms in total. The highest BCUT2D eigenvalue weighted by molar-refractivity contribution is 5.99. The summed E-state index contributed by atoms with van der Waals surface area (Å²) in [5, 5.41) is 7.45. The quantitative estimate of drug-likeness (QED) is 0.392. The van der Waals surface area contributed by atoms with Gasteiger partial charge in [-0.1, -0.05) is 66.7 Å². The average molecular weight is 459 g/mol. The minimum atomic E-state index is -0.205. The van der Waals surface area contributed by atoms with Gasteiger partial charge in [0.2, 0.25) is 0 Å². The van der Waals surface area contributed by atoms with Crippen LogP contribution in [0.2, 0.25) is 0 Å². The number of benzene rings is 3. The number of carbonyl (C=O) groups is 1. The van der Waals surface area contributed by atoms with E-state index in [0.717, 1.165) is 33.4 Å². The fourth-order valence-corrected chi connectivity index (χ4v) is 4.33. The van der Waals surface area contributed by atoms with Crippen molar-refractivity contribution in [2.45, 2.75) is 13.1 Å². The van der Waals surface area contributed by atoms with Crippen LogP contribution in [-0.2, 0) is 13.1 Å². The second-order valence-corrected chi connectivity index (χ2v) is 8.35. The lowest BCUT2D eigenvalue weighted by Crippen LogP contribution is -2.23. The van der Waals surface area contributed by atoms with Gasteiger partial charge >= 0.3 is 0 Å². The van der Waals surface area contributed by atoms with Crippen molar-refractivity contribution in [3.63, 3.8) is 0 Å². The first-order valence-corrected chi connectivity index (χ1v) is 11.4. The molecule has 1 N–H and O–H groups in total. The third-order valence-corrected chi connectivity index (χ3v) is 6.04. The molecule has 0 bridgehead atoms. The van der Waals surface area contributed by atoms with Gasteiger partial charge in [0.1, 0.15) is 5.56 Å². The molecule has 170 valence electrons. The molecule has 35 heavy (non-hydrogen) atoms. The van der Waals surface area contributed by atoms with E-state index in [0.29, 0.717) is 24.3 Å². The molecule has 0 aliphatic rings. The second-order valence-electron chi connectivity index (χ2n) is 8.35. The highest BCUT2D eigenvalue weighted by atomic mass is 16.1. The third kappa shape index (κ3) is 4.04. The van der Waals surface area contributed by atoms with Crippen molar-refractivity contribution in [3.05, 3.63) is 120 Å². The topological polar surface area (TPSA) is 77.1 Å². The molecule has 0 fully saturated rings. The molecular formula is C28H22N6O. The normalized spacial score (nSPS) is 11.2. The summed E-state index contributed by atoms with van der Waals surface area (Å²) in [7, 11) is 0. The van der Waals surface area contributed by atoms with Crippen LogP contribution >= 0.6 is 0 Å². The molecule has 6 rings (SSSR count). The number of rotatable bonds is 6. The second kappa shape index (κ2) is 8.87. The summed E-state index contributed by atoms with van der Waals surface area (Å²) in [5.74, 6) is -0.205. The first-order chi connectivity index (χ1) is 17.3. The third-order valence-electron chi connectivity index (χ3n) is 6.04. The molecule has 0 atom stereocenters. The zero-order valence-electron chi connectivity index (χ0n) is 18.9. The average Bonchev–Trinajstić information content (AvgIpc) is 3.53. The Bertz CT molecular complexity index is 1650. The predicted octanol–water partition coefficient (Wildman–Crippen LogP) is 4.72. The van der Waals surface area contributed by atoms with Gasteiger partial charge in [-0.3, -0.25) is 4.79 Å². The van der Waals surface area contributed by atoms with E-state index in [9.17, 15) is 4.79 Å². The standard InChI is InChI=1S/C28H22N6O/c35-28(23-17-32-34-25(13-14-29-27(23)34)22-9-2-1-3-10-22)30-16-20-7-6-8-21(15-20)18-33-19-31-24-11-4-5-12-26(24)33/h1-15,17,19H,16,18H2,(H,30,35). The lowest BCUT2D eigenvalue weighted by molar-refractivity contribution is 0.0952. The van der Waals surface area contributed by atoms with E-state index in [-0.39, 0.29) is 5.91 Å². The Kier molecular flexibility index (Phi) is 5.27. The first kappa shape index (κ1) is 20.8. The Morgan fingerprint density at radius 1 is 0.857 bits per heavy atom. The maximum atomic E-state index is 13.0. The van der Waals surface area contributed by atoms with Gasteiger partial charge in [0.25, 0.3) is 5.91 Å². The van der Waals surface area contributed by atoms with E-state index < -0.39 is 0 Å². The number of imidazole rings is 1. The smallest absolute Gasteiger partial charge is 0.257 e. The monoisotopic (exact) mass is 458 g/mol. The largest absolute Gasteiger partial charge is 0.348 e. The highest BCUT2D eigenvalue weighted by Crippen LogP contribution is 2.21. The number of amides is 1. The first-order valence-electron chi connectivity index (χ1n) is 11.4.